The molecule has 1 atom stereocenters. The summed E-state index contributed by atoms with van der Waals surface area (Å²) in [7, 11) is -1.77. The molecule has 3 amide bonds. The number of nitrogens with one attached hydrogen (secondary N) is 3. The van der Waals surface area contributed by atoms with Crippen molar-refractivity contribution in [2.24, 2.45) is 0 Å². The summed E-state index contributed by atoms with van der Waals surface area (Å²) in [5.74, 6) is 0.299. The highest BCUT2D eigenvalue weighted by molar-refractivity contribution is 7.92. The van der Waals surface area contributed by atoms with Gasteiger partial charge in [-0.2, -0.15) is 0 Å². The number of piperidine rings is 1. The van der Waals surface area contributed by atoms with Gasteiger partial charge in [0.05, 0.1) is 54.2 Å². The van der Waals surface area contributed by atoms with Crippen molar-refractivity contribution in [3.8, 4) is 22.8 Å². The Labute approximate surface area is 355 Å². The molecule has 3 N–H and O–H groups in total. The first-order valence-electron chi connectivity index (χ1n) is 20.8. The Hall–Kier alpha value is -6.20. The number of carbonyl (C=O) groups excluding carboxylic acids is 3. The average molecular weight is 850 g/mol. The Morgan fingerprint density at radius 3 is 2.48 bits per heavy atom. The molecule has 3 aromatic carbocycles. The first kappa shape index (κ1) is 41.5. The van der Waals surface area contributed by atoms with E-state index in [9.17, 15) is 22.8 Å². The number of rotatable bonds is 17. The van der Waals surface area contributed by atoms with Crippen LogP contribution in [-0.2, 0) is 14.8 Å². The number of methoxy groups -OCH3 is 1. The lowest BCUT2D eigenvalue weighted by Crippen LogP contribution is -2.52. The molecule has 0 saturated carbocycles. The van der Waals surface area contributed by atoms with Crippen molar-refractivity contribution in [2.45, 2.75) is 51.0 Å². The number of aromatic nitrogens is 3. The van der Waals surface area contributed by atoms with Gasteiger partial charge in [0, 0.05) is 55.7 Å². The smallest absolute Gasteiger partial charge is 0.266 e. The monoisotopic (exact) mass is 849 g/mol. The predicted octanol–water partition coefficient (Wildman–Crippen LogP) is 5.55. The van der Waals surface area contributed by atoms with Gasteiger partial charge in [-0.1, -0.05) is 37.5 Å². The summed E-state index contributed by atoms with van der Waals surface area (Å²) in [4.78, 5) is 49.3. The second-order valence-corrected chi connectivity index (χ2v) is 17.4. The normalized spacial score (nSPS) is 17.1. The number of imide groups is 1. The van der Waals surface area contributed by atoms with Crippen LogP contribution in [0.3, 0.4) is 0 Å². The molecule has 0 spiro atoms. The maximum atomic E-state index is 13.3. The Morgan fingerprint density at radius 2 is 1.67 bits per heavy atom. The van der Waals surface area contributed by atoms with Gasteiger partial charge < -0.3 is 25.0 Å². The molecular formula is C44H51N9O7S. The van der Waals surface area contributed by atoms with Crippen LogP contribution in [0.1, 0.15) is 65.7 Å². The third-order valence-electron chi connectivity index (χ3n) is 11.4. The molecule has 2 aromatic heterocycles. The fraction of sp³-hybridized carbons (Fsp3) is 0.386. The van der Waals surface area contributed by atoms with Gasteiger partial charge in [-0.25, -0.2) is 17.9 Å². The minimum atomic E-state index is -3.42. The van der Waals surface area contributed by atoms with E-state index in [2.05, 4.69) is 36.2 Å². The van der Waals surface area contributed by atoms with Gasteiger partial charge in [0.25, 0.3) is 11.8 Å². The lowest BCUT2D eigenvalue weighted by atomic mass is 10.1. The van der Waals surface area contributed by atoms with Crippen LogP contribution < -0.4 is 29.7 Å². The van der Waals surface area contributed by atoms with E-state index >= 15 is 0 Å². The van der Waals surface area contributed by atoms with E-state index in [4.69, 9.17) is 14.6 Å². The van der Waals surface area contributed by atoms with E-state index in [-0.39, 0.29) is 11.5 Å². The molecule has 320 valence electrons. The van der Waals surface area contributed by atoms with E-state index < -0.39 is 27.9 Å². The number of amides is 3. The van der Waals surface area contributed by atoms with E-state index in [0.717, 1.165) is 111 Å². The molecule has 17 heteroatoms. The van der Waals surface area contributed by atoms with Gasteiger partial charge in [0.15, 0.2) is 0 Å². The average Bonchev–Trinajstić information content (AvgIpc) is 3.79. The summed E-state index contributed by atoms with van der Waals surface area (Å²) in [5, 5.41) is 10.8. The molecule has 0 aliphatic carbocycles. The minimum Gasteiger partial charge on any atom is -0.494 e. The third kappa shape index (κ3) is 9.42. The van der Waals surface area contributed by atoms with Crippen LogP contribution in [0.2, 0.25) is 0 Å². The molecule has 8 rings (SSSR count). The Kier molecular flexibility index (Phi) is 12.4. The molecule has 5 heterocycles. The molecule has 0 bridgehead atoms. The molecule has 61 heavy (non-hydrogen) atoms. The van der Waals surface area contributed by atoms with Crippen LogP contribution in [0.15, 0.2) is 79.0 Å². The van der Waals surface area contributed by atoms with E-state index in [1.807, 2.05) is 30.3 Å². The molecular weight excluding hydrogens is 799 g/mol. The maximum Gasteiger partial charge on any atom is 0.266 e. The highest BCUT2D eigenvalue weighted by Gasteiger charge is 2.45. The molecule has 2 fully saturated rings. The van der Waals surface area contributed by atoms with Crippen LogP contribution in [-0.4, -0.2) is 116 Å². The largest absolute Gasteiger partial charge is 0.494 e. The zero-order valence-electron chi connectivity index (χ0n) is 34.4. The molecule has 2 saturated heterocycles. The van der Waals surface area contributed by atoms with Crippen LogP contribution in [0.25, 0.3) is 16.8 Å². The van der Waals surface area contributed by atoms with Crippen LogP contribution in [0, 0.1) is 0 Å². The van der Waals surface area contributed by atoms with Crippen molar-refractivity contribution in [1.82, 2.24) is 29.7 Å². The van der Waals surface area contributed by atoms with Crippen molar-refractivity contribution in [3.63, 3.8) is 0 Å². The number of sulfonamides is 1. The summed E-state index contributed by atoms with van der Waals surface area (Å²) in [6, 6.07) is 21.4. The SMILES string of the molecule is COc1cc(N2CCN(CCCCCCCOc3cccc4c3C(=O)N(C3CCCNC3=O)C4=O)CC2)ccc1Nc1ncc2ccc(-c3cccc(NS(C)(=O)=O)c3)n2n1. The standard InChI is InChI=1S/C44H51N9O7S/c1-59-39-28-32(16-18-35(39)47-44-46-29-33-17-19-36(53(33)48-44)30-11-8-12-31(27-30)49-61(2,57)58)51-24-22-50(23-25-51)21-6-4-3-5-7-26-60-38-15-9-13-34-40(38)43(56)52(42(34)55)37-14-10-20-45-41(37)54/h8-9,11-13,15-19,27-29,37,49H,3-7,10,14,20-26H2,1-2H3,(H,45,54)(H,47,48). The zero-order valence-corrected chi connectivity index (χ0v) is 35.2. The summed E-state index contributed by atoms with van der Waals surface area (Å²) >= 11 is 0. The first-order valence-corrected chi connectivity index (χ1v) is 22.7. The topological polar surface area (TPSA) is 180 Å². The second kappa shape index (κ2) is 18.2. The number of fused-ring (bicyclic) bond motifs is 2. The number of benzene rings is 3. The fourth-order valence-electron chi connectivity index (χ4n) is 8.29. The lowest BCUT2D eigenvalue weighted by Gasteiger charge is -2.36. The van der Waals surface area contributed by atoms with Gasteiger partial charge in [0.1, 0.15) is 17.5 Å². The van der Waals surface area contributed by atoms with Gasteiger partial charge >= 0.3 is 0 Å². The number of ether oxygens (including phenoxy) is 2. The lowest BCUT2D eigenvalue weighted by molar-refractivity contribution is -0.126. The van der Waals surface area contributed by atoms with Crippen molar-refractivity contribution >= 4 is 56.3 Å². The van der Waals surface area contributed by atoms with E-state index in [1.54, 1.807) is 54.2 Å². The zero-order chi connectivity index (χ0) is 42.5. The van der Waals surface area contributed by atoms with E-state index in [1.165, 1.54) is 0 Å². The third-order valence-corrected chi connectivity index (χ3v) is 12.0. The number of hydrogen-bond acceptors (Lipinski definition) is 12. The summed E-state index contributed by atoms with van der Waals surface area (Å²) in [6.45, 7) is 5.83. The molecule has 0 radical (unpaired) electrons. The van der Waals surface area contributed by atoms with Crippen molar-refractivity contribution < 1.29 is 32.3 Å². The highest BCUT2D eigenvalue weighted by atomic mass is 32.2. The van der Waals surface area contributed by atoms with E-state index in [0.29, 0.717) is 48.3 Å². The van der Waals surface area contributed by atoms with Gasteiger partial charge in [-0.3, -0.25) is 28.9 Å². The fourth-order valence-corrected chi connectivity index (χ4v) is 8.85. The quantitative estimate of drug-likeness (QED) is 0.0787. The van der Waals surface area contributed by atoms with Crippen molar-refractivity contribution in [3.05, 3.63) is 90.1 Å². The summed E-state index contributed by atoms with van der Waals surface area (Å²) < 4.78 is 39.7. The molecule has 3 aliphatic heterocycles. The Morgan fingerprint density at radius 1 is 0.869 bits per heavy atom. The number of piperazine rings is 1. The summed E-state index contributed by atoms with van der Waals surface area (Å²) in [5.41, 5.74) is 5.23. The number of anilines is 4. The number of unbranched alkanes of at least 4 members (excludes halogenated alkanes) is 4. The first-order chi connectivity index (χ1) is 29.6. The molecule has 1 unspecified atom stereocenters. The number of hydrogen-bond donors (Lipinski definition) is 3. The molecule has 3 aliphatic rings. The Bertz CT molecular complexity index is 2540. The van der Waals surface area contributed by atoms with Gasteiger partial charge in [0.2, 0.25) is 21.9 Å². The highest BCUT2D eigenvalue weighted by Crippen LogP contribution is 2.35. The number of nitrogens with zero attached hydrogens (tertiary/aromatic N) is 6. The molecule has 5 aromatic rings. The van der Waals surface area contributed by atoms with Gasteiger partial charge in [-0.15, -0.1) is 5.10 Å². The Balaban J connectivity index is 0.767. The minimum absolute atomic E-state index is 0.264. The van der Waals surface area contributed by atoms with Crippen LogP contribution >= 0.6 is 0 Å². The maximum absolute atomic E-state index is 13.3. The number of carbonyl (C=O) groups is 3. The van der Waals surface area contributed by atoms with Crippen molar-refractivity contribution in [2.75, 3.05) is 74.2 Å². The van der Waals surface area contributed by atoms with Gasteiger partial charge in [-0.05, 0) is 80.8 Å². The summed E-state index contributed by atoms with van der Waals surface area (Å²) in [6.07, 6.45) is 9.22. The van der Waals surface area contributed by atoms with Crippen molar-refractivity contribution in [1.29, 1.82) is 0 Å². The van der Waals surface area contributed by atoms with Crippen LogP contribution in [0.4, 0.5) is 23.0 Å². The van der Waals surface area contributed by atoms with Crippen LogP contribution in [0.5, 0.6) is 11.5 Å². The predicted molar refractivity (Wildman–Crippen MR) is 233 cm³/mol. The molecule has 16 nitrogen and oxygen atoms in total. The second-order valence-electron chi connectivity index (χ2n) is 15.7.